The molecule has 1 amide bonds. The van der Waals surface area contributed by atoms with Gasteiger partial charge in [0.25, 0.3) is 0 Å². The van der Waals surface area contributed by atoms with Crippen LogP contribution in [0.1, 0.15) is 20.8 Å². The molecule has 0 radical (unpaired) electrons. The number of para-hydroxylation sites is 1. The molecular weight excluding hydrogens is 530 g/mol. The number of rotatable bonds is 11. The Morgan fingerprint density at radius 3 is 2.33 bits per heavy atom. The number of anilines is 1. The fourth-order valence-electron chi connectivity index (χ4n) is 4.09. The van der Waals surface area contributed by atoms with E-state index in [2.05, 4.69) is 78.6 Å². The van der Waals surface area contributed by atoms with Crippen molar-refractivity contribution < 1.29 is 8.98 Å². The van der Waals surface area contributed by atoms with Crippen LogP contribution in [0, 0.1) is 0 Å². The number of carbonyl (C=O) groups is 1. The van der Waals surface area contributed by atoms with E-state index in [1.165, 1.54) is 6.33 Å². The minimum Gasteiger partial charge on any atom is -0.373 e. The van der Waals surface area contributed by atoms with Crippen molar-refractivity contribution >= 4 is 45.0 Å². The predicted molar refractivity (Wildman–Crippen MR) is 165 cm³/mol. The van der Waals surface area contributed by atoms with Gasteiger partial charge in [-0.3, -0.25) is 4.79 Å². The smallest absolute Gasteiger partial charge is 0.209 e. The second kappa shape index (κ2) is 12.0. The Balaban J connectivity index is 1.44. The third-order valence-electron chi connectivity index (χ3n) is 7.29. The molecule has 0 saturated heterocycles. The summed E-state index contributed by atoms with van der Waals surface area (Å²) in [6.45, 7) is 9.04. The molecule has 0 unspecified atom stereocenters. The number of hydrogen-bond donors (Lipinski definition) is 0. The number of hydrogen-bond acceptors (Lipinski definition) is 5. The van der Waals surface area contributed by atoms with E-state index in [0.717, 1.165) is 39.9 Å². The molecule has 0 aliphatic rings. The normalized spacial score (nSPS) is 12.5. The summed E-state index contributed by atoms with van der Waals surface area (Å²) in [7, 11) is 0.831. The zero-order chi connectivity index (χ0) is 28.2. The molecule has 0 aliphatic heterocycles. The molecule has 0 spiro atoms. The molecule has 0 fully saturated rings. The number of aromatic nitrogens is 3. The summed E-state index contributed by atoms with van der Waals surface area (Å²) >= 11 is 6.55. The monoisotopic (exact) mass is 567 g/mol. The highest BCUT2D eigenvalue weighted by molar-refractivity contribution is 8.29. The van der Waals surface area contributed by atoms with Crippen molar-refractivity contribution in [2.24, 2.45) is 0 Å². The lowest BCUT2D eigenvalue weighted by atomic mass is 10.1. The molecule has 0 saturated carbocycles. The first-order valence-electron chi connectivity index (χ1n) is 13.0. The molecular formula is C30H38ClN5O2S. The van der Waals surface area contributed by atoms with Gasteiger partial charge in [0, 0.05) is 54.6 Å². The summed E-state index contributed by atoms with van der Waals surface area (Å²) < 4.78 is 8.33. The summed E-state index contributed by atoms with van der Waals surface area (Å²) in [6.07, 6.45) is 8.82. The third kappa shape index (κ3) is 6.57. The molecule has 7 nitrogen and oxygen atoms in total. The molecule has 9 heteroatoms. The van der Waals surface area contributed by atoms with Gasteiger partial charge in [-0.1, -0.05) is 62.7 Å². The molecule has 2 heterocycles. The zero-order valence-electron chi connectivity index (χ0n) is 23.6. The molecule has 2 aromatic heterocycles. The number of halogens is 1. The fourth-order valence-corrected chi connectivity index (χ4v) is 5.16. The summed E-state index contributed by atoms with van der Waals surface area (Å²) in [5, 5.41) is 1.25. The number of carbonyl (C=O) groups excluding carboxylic acids is 1. The van der Waals surface area contributed by atoms with Gasteiger partial charge in [0.2, 0.25) is 6.41 Å². The van der Waals surface area contributed by atoms with Crippen molar-refractivity contribution in [3.05, 3.63) is 72.3 Å². The van der Waals surface area contributed by atoms with Crippen LogP contribution in [0.3, 0.4) is 0 Å². The minimum absolute atomic E-state index is 0.0974. The second-order valence-electron chi connectivity index (χ2n) is 10.9. The molecule has 208 valence electrons. The van der Waals surface area contributed by atoms with Crippen molar-refractivity contribution in [3.8, 4) is 16.8 Å². The lowest BCUT2D eigenvalue weighted by molar-refractivity contribution is -0.118. The number of amides is 1. The van der Waals surface area contributed by atoms with E-state index < -0.39 is 10.3 Å². The van der Waals surface area contributed by atoms with Crippen molar-refractivity contribution in [1.82, 2.24) is 19.4 Å². The lowest BCUT2D eigenvalue weighted by Gasteiger charge is -2.44. The van der Waals surface area contributed by atoms with E-state index in [0.29, 0.717) is 31.4 Å². The average molecular weight is 568 g/mol. The van der Waals surface area contributed by atoms with E-state index in [-0.39, 0.29) is 4.75 Å². The highest BCUT2D eigenvalue weighted by Crippen LogP contribution is 2.53. The maximum absolute atomic E-state index is 11.7. The number of benzene rings is 2. The van der Waals surface area contributed by atoms with E-state index in [1.54, 1.807) is 4.90 Å². The first kappa shape index (κ1) is 28.9. The topological polar surface area (TPSA) is 63.5 Å². The van der Waals surface area contributed by atoms with Gasteiger partial charge < -0.3 is 18.6 Å². The molecule has 0 aliphatic carbocycles. The number of likely N-dealkylation sites (N-methyl/N-ethyl adjacent to an activating group) is 1. The van der Waals surface area contributed by atoms with Crippen LogP contribution in [0.5, 0.6) is 0 Å². The van der Waals surface area contributed by atoms with E-state index >= 15 is 0 Å². The average Bonchev–Trinajstić information content (AvgIpc) is 3.31. The van der Waals surface area contributed by atoms with Crippen LogP contribution in [0.2, 0.25) is 5.15 Å². The largest absolute Gasteiger partial charge is 0.373 e. The Labute approximate surface area is 238 Å². The standard InChI is InChI=1S/C30H38ClN5O2S/c1-30(2,3)39(5,6)38-19-18-35(22-37)17-16-34(4)24-14-12-23(13-15-24)26-20-36(25-10-8-7-9-11-25)29-27(26)28(31)32-21-33-29/h7-15,20-22H,16-19H2,1-6H3. The maximum Gasteiger partial charge on any atom is 0.209 e. The summed E-state index contributed by atoms with van der Waals surface area (Å²) in [6, 6.07) is 18.4. The number of fused-ring (bicyclic) bond motifs is 1. The second-order valence-corrected chi connectivity index (χ2v) is 15.2. The highest BCUT2D eigenvalue weighted by atomic mass is 35.5. The van der Waals surface area contributed by atoms with Crippen molar-refractivity contribution in [2.45, 2.75) is 25.5 Å². The Hall–Kier alpha value is -3.07. The Morgan fingerprint density at radius 1 is 1.00 bits per heavy atom. The minimum atomic E-state index is -1.20. The zero-order valence-corrected chi connectivity index (χ0v) is 25.2. The molecule has 2 aromatic carbocycles. The molecule has 4 aromatic rings. The van der Waals surface area contributed by atoms with Crippen molar-refractivity contribution in [2.75, 3.05) is 50.7 Å². The van der Waals surface area contributed by atoms with Gasteiger partial charge in [0.15, 0.2) is 0 Å². The highest BCUT2D eigenvalue weighted by Gasteiger charge is 2.28. The fraction of sp³-hybridized carbons (Fsp3) is 0.367. The maximum atomic E-state index is 11.7. The SMILES string of the molecule is CN(CCN(C=O)CCOS(C)(C)C(C)(C)C)c1ccc(-c2cn(-c3ccccc3)c3ncnc(Cl)c23)cc1. The van der Waals surface area contributed by atoms with Gasteiger partial charge >= 0.3 is 0 Å². The van der Waals surface area contributed by atoms with Gasteiger partial charge in [0.1, 0.15) is 17.1 Å². The van der Waals surface area contributed by atoms with Crippen LogP contribution in [0.4, 0.5) is 5.69 Å². The summed E-state index contributed by atoms with van der Waals surface area (Å²) in [5.74, 6) is 0. The Kier molecular flexibility index (Phi) is 8.89. The first-order chi connectivity index (χ1) is 18.5. The molecule has 4 rings (SSSR count). The molecule has 0 bridgehead atoms. The summed E-state index contributed by atoms with van der Waals surface area (Å²) in [4.78, 5) is 24.4. The Morgan fingerprint density at radius 2 is 1.69 bits per heavy atom. The van der Waals surface area contributed by atoms with Crippen LogP contribution in [0.25, 0.3) is 27.8 Å². The van der Waals surface area contributed by atoms with Gasteiger partial charge in [-0.25, -0.2) is 9.97 Å². The van der Waals surface area contributed by atoms with E-state index in [9.17, 15) is 4.79 Å². The van der Waals surface area contributed by atoms with Gasteiger partial charge in [0.05, 0.1) is 12.0 Å². The third-order valence-corrected chi connectivity index (χ3v) is 11.3. The van der Waals surface area contributed by atoms with Crippen LogP contribution < -0.4 is 4.90 Å². The molecule has 0 N–H and O–H groups in total. The molecule has 0 atom stereocenters. The van der Waals surface area contributed by atoms with Crippen LogP contribution >= 0.6 is 21.9 Å². The van der Waals surface area contributed by atoms with E-state index in [1.807, 2.05) is 41.9 Å². The van der Waals surface area contributed by atoms with Crippen LogP contribution in [-0.2, 0) is 8.98 Å². The van der Waals surface area contributed by atoms with Crippen molar-refractivity contribution in [3.63, 3.8) is 0 Å². The van der Waals surface area contributed by atoms with Crippen LogP contribution in [-0.4, -0.2) is 76.4 Å². The Bertz CT molecular complexity index is 1400. The number of nitrogens with zero attached hydrogens (tertiary/aromatic N) is 5. The quantitative estimate of drug-likeness (QED) is 0.154. The van der Waals surface area contributed by atoms with E-state index in [4.69, 9.17) is 15.8 Å². The van der Waals surface area contributed by atoms with Gasteiger partial charge in [-0.2, -0.15) is 0 Å². The predicted octanol–water partition coefficient (Wildman–Crippen LogP) is 6.43. The van der Waals surface area contributed by atoms with Gasteiger partial charge in [-0.15, -0.1) is 10.3 Å². The first-order valence-corrected chi connectivity index (χ1v) is 15.7. The molecule has 39 heavy (non-hydrogen) atoms. The lowest BCUT2D eigenvalue weighted by Crippen LogP contribution is -2.35. The summed E-state index contributed by atoms with van der Waals surface area (Å²) in [5.41, 5.74) is 4.84. The van der Waals surface area contributed by atoms with Crippen LogP contribution in [0.15, 0.2) is 67.1 Å². The van der Waals surface area contributed by atoms with Gasteiger partial charge in [-0.05, 0) is 42.3 Å². The van der Waals surface area contributed by atoms with Crippen molar-refractivity contribution in [1.29, 1.82) is 0 Å².